The molecule has 3 saturated heterocycles. The summed E-state index contributed by atoms with van der Waals surface area (Å²) < 4.78 is 11.8. The summed E-state index contributed by atoms with van der Waals surface area (Å²) in [6.45, 7) is 11.6. The van der Waals surface area contributed by atoms with E-state index in [0.29, 0.717) is 54.4 Å². The Morgan fingerprint density at radius 3 is 2.50 bits per heavy atom. The van der Waals surface area contributed by atoms with Crippen LogP contribution < -0.4 is 10.2 Å². The first-order valence-electron chi connectivity index (χ1n) is 14.2. The van der Waals surface area contributed by atoms with Crippen molar-refractivity contribution in [1.82, 2.24) is 20.1 Å². The SMILES string of the molecule is CC(C)[C@H]1CN(c2nc3c(C(=O)NC4CC5CCCC(C4)N5C)cccc3o2)CCN1C(=O)OC(C)(C)C. The number of piperazine rings is 1. The summed E-state index contributed by atoms with van der Waals surface area (Å²) in [7, 11) is 2.22. The molecule has 0 saturated carbocycles. The number of rotatable bonds is 4. The molecule has 38 heavy (non-hydrogen) atoms. The number of carbonyl (C=O) groups excluding carboxylic acids is 2. The van der Waals surface area contributed by atoms with Crippen LogP contribution >= 0.6 is 0 Å². The average Bonchev–Trinajstić information content (AvgIpc) is 3.27. The number of aromatic nitrogens is 1. The summed E-state index contributed by atoms with van der Waals surface area (Å²) in [4.78, 5) is 37.5. The summed E-state index contributed by atoms with van der Waals surface area (Å²) in [5.74, 6) is 0.142. The monoisotopic (exact) mass is 525 g/mol. The summed E-state index contributed by atoms with van der Waals surface area (Å²) in [6.07, 6.45) is 5.41. The number of nitrogens with one attached hydrogen (secondary N) is 1. The molecule has 2 aromatic rings. The zero-order valence-electron chi connectivity index (χ0n) is 23.7. The van der Waals surface area contributed by atoms with Crippen molar-refractivity contribution in [3.63, 3.8) is 0 Å². The van der Waals surface area contributed by atoms with Gasteiger partial charge in [-0.2, -0.15) is 4.98 Å². The van der Waals surface area contributed by atoms with Crippen molar-refractivity contribution < 1.29 is 18.7 Å². The fraction of sp³-hybridized carbons (Fsp3) is 0.690. The lowest BCUT2D eigenvalue weighted by atomic mass is 9.82. The number of fused-ring (bicyclic) bond motifs is 3. The molecule has 3 atom stereocenters. The van der Waals surface area contributed by atoms with Crippen LogP contribution in [-0.2, 0) is 4.74 Å². The van der Waals surface area contributed by atoms with Gasteiger partial charge in [-0.25, -0.2) is 4.79 Å². The molecule has 0 radical (unpaired) electrons. The number of ether oxygens (including phenoxy) is 1. The molecule has 2 bridgehead atoms. The molecule has 5 rings (SSSR count). The Bertz CT molecular complexity index is 1160. The van der Waals surface area contributed by atoms with Gasteiger partial charge in [-0.05, 0) is 71.6 Å². The van der Waals surface area contributed by atoms with Crippen LogP contribution in [0.3, 0.4) is 0 Å². The number of benzene rings is 1. The summed E-state index contributed by atoms with van der Waals surface area (Å²) in [6, 6.07) is 7.28. The molecule has 2 amide bonds. The van der Waals surface area contributed by atoms with Gasteiger partial charge in [0.2, 0.25) is 0 Å². The molecular formula is C29H43N5O4. The topological polar surface area (TPSA) is 91.2 Å². The van der Waals surface area contributed by atoms with Crippen LogP contribution in [0, 0.1) is 5.92 Å². The standard InChI is InChI=1S/C29H43N5O4/c1-18(2)23-17-33(13-14-34(23)28(36)38-29(3,4)5)27-31-25-22(11-8-12-24(25)37-27)26(35)30-19-15-20-9-7-10-21(16-19)32(20)6/h8,11-12,18-21,23H,7,9-10,13-17H2,1-6H3,(H,30,35)/t19?,20?,21?,23-/m1/s1. The van der Waals surface area contributed by atoms with E-state index in [1.165, 1.54) is 19.3 Å². The number of oxazole rings is 1. The fourth-order valence-electron chi connectivity index (χ4n) is 6.35. The van der Waals surface area contributed by atoms with Crippen molar-refractivity contribution in [2.24, 2.45) is 5.92 Å². The van der Waals surface area contributed by atoms with Gasteiger partial charge in [0, 0.05) is 37.8 Å². The number of para-hydroxylation sites is 1. The molecule has 3 aliphatic rings. The third-order valence-electron chi connectivity index (χ3n) is 8.41. The highest BCUT2D eigenvalue weighted by atomic mass is 16.6. The molecule has 3 aliphatic heterocycles. The van der Waals surface area contributed by atoms with Crippen molar-refractivity contribution >= 4 is 29.1 Å². The van der Waals surface area contributed by atoms with Gasteiger partial charge in [0.25, 0.3) is 11.9 Å². The Balaban J connectivity index is 1.31. The number of piperidine rings is 2. The summed E-state index contributed by atoms with van der Waals surface area (Å²) in [5.41, 5.74) is 1.20. The van der Waals surface area contributed by atoms with Crippen molar-refractivity contribution in [2.75, 3.05) is 31.6 Å². The minimum atomic E-state index is -0.542. The van der Waals surface area contributed by atoms with Gasteiger partial charge in [-0.3, -0.25) is 4.79 Å². The van der Waals surface area contributed by atoms with Crippen LogP contribution in [0.1, 0.15) is 77.1 Å². The average molecular weight is 526 g/mol. The van der Waals surface area contributed by atoms with E-state index in [9.17, 15) is 9.59 Å². The van der Waals surface area contributed by atoms with Crippen LogP contribution in [0.5, 0.6) is 0 Å². The quantitative estimate of drug-likeness (QED) is 0.621. The van der Waals surface area contributed by atoms with Gasteiger partial charge < -0.3 is 29.2 Å². The molecule has 1 aromatic heterocycles. The molecule has 2 unspecified atom stereocenters. The van der Waals surface area contributed by atoms with Crippen LogP contribution in [0.2, 0.25) is 0 Å². The lowest BCUT2D eigenvalue weighted by Crippen LogP contribution is -2.58. The molecule has 1 aromatic carbocycles. The predicted octanol–water partition coefficient (Wildman–Crippen LogP) is 4.65. The highest BCUT2D eigenvalue weighted by Crippen LogP contribution is 2.33. The third-order valence-corrected chi connectivity index (χ3v) is 8.41. The van der Waals surface area contributed by atoms with Crippen molar-refractivity contribution in [3.05, 3.63) is 23.8 Å². The maximum absolute atomic E-state index is 13.4. The smallest absolute Gasteiger partial charge is 0.410 e. The van der Waals surface area contributed by atoms with Crippen LogP contribution in [0.15, 0.2) is 22.6 Å². The number of carbonyl (C=O) groups is 2. The van der Waals surface area contributed by atoms with Gasteiger partial charge in [0.15, 0.2) is 5.58 Å². The first kappa shape index (κ1) is 26.8. The van der Waals surface area contributed by atoms with Crippen molar-refractivity contribution in [2.45, 2.75) is 96.5 Å². The van der Waals surface area contributed by atoms with E-state index in [-0.39, 0.29) is 30.0 Å². The molecule has 9 nitrogen and oxygen atoms in total. The summed E-state index contributed by atoms with van der Waals surface area (Å²) >= 11 is 0. The van der Waals surface area contributed by atoms with E-state index in [4.69, 9.17) is 14.1 Å². The molecule has 208 valence electrons. The maximum atomic E-state index is 13.4. The largest absolute Gasteiger partial charge is 0.444 e. The molecule has 9 heteroatoms. The molecule has 0 spiro atoms. The Morgan fingerprint density at radius 2 is 1.84 bits per heavy atom. The van der Waals surface area contributed by atoms with E-state index in [1.54, 1.807) is 0 Å². The number of anilines is 1. The van der Waals surface area contributed by atoms with E-state index in [1.807, 2.05) is 43.9 Å². The van der Waals surface area contributed by atoms with Crippen molar-refractivity contribution in [1.29, 1.82) is 0 Å². The number of amides is 2. The van der Waals surface area contributed by atoms with Crippen LogP contribution in [-0.4, -0.2) is 83.2 Å². The van der Waals surface area contributed by atoms with Gasteiger partial charge in [0.1, 0.15) is 11.1 Å². The lowest BCUT2D eigenvalue weighted by Gasteiger charge is -2.47. The van der Waals surface area contributed by atoms with E-state index in [2.05, 4.69) is 36.0 Å². The Morgan fingerprint density at radius 1 is 1.13 bits per heavy atom. The minimum Gasteiger partial charge on any atom is -0.444 e. The highest BCUT2D eigenvalue weighted by Gasteiger charge is 2.38. The second kappa shape index (κ2) is 10.4. The predicted molar refractivity (Wildman–Crippen MR) is 147 cm³/mol. The van der Waals surface area contributed by atoms with Crippen LogP contribution in [0.4, 0.5) is 10.8 Å². The third kappa shape index (κ3) is 5.48. The van der Waals surface area contributed by atoms with Crippen LogP contribution in [0.25, 0.3) is 11.1 Å². The lowest BCUT2D eigenvalue weighted by molar-refractivity contribution is 0.00851. The van der Waals surface area contributed by atoms with Crippen molar-refractivity contribution in [3.8, 4) is 0 Å². The molecular weight excluding hydrogens is 482 g/mol. The Labute approximate surface area is 225 Å². The fourth-order valence-corrected chi connectivity index (χ4v) is 6.35. The number of hydrogen-bond donors (Lipinski definition) is 1. The molecule has 1 N–H and O–H groups in total. The van der Waals surface area contributed by atoms with E-state index in [0.717, 1.165) is 12.8 Å². The zero-order chi connectivity index (χ0) is 27.2. The second-order valence-corrected chi connectivity index (χ2v) is 12.6. The molecule has 3 fully saturated rings. The first-order valence-corrected chi connectivity index (χ1v) is 14.2. The molecule has 0 aliphatic carbocycles. The van der Waals surface area contributed by atoms with Gasteiger partial charge in [-0.1, -0.05) is 26.3 Å². The van der Waals surface area contributed by atoms with Gasteiger partial charge >= 0.3 is 6.09 Å². The first-order chi connectivity index (χ1) is 18.0. The maximum Gasteiger partial charge on any atom is 0.410 e. The second-order valence-electron chi connectivity index (χ2n) is 12.6. The van der Waals surface area contributed by atoms with E-state index >= 15 is 0 Å². The molecule has 4 heterocycles. The van der Waals surface area contributed by atoms with Gasteiger partial charge in [-0.15, -0.1) is 0 Å². The number of nitrogens with zero attached hydrogens (tertiary/aromatic N) is 4. The summed E-state index contributed by atoms with van der Waals surface area (Å²) in [5, 5.41) is 3.31. The normalized spacial score (nSPS) is 26.6. The highest BCUT2D eigenvalue weighted by molar-refractivity contribution is 6.04. The number of hydrogen-bond acceptors (Lipinski definition) is 7. The zero-order valence-corrected chi connectivity index (χ0v) is 23.7. The van der Waals surface area contributed by atoms with E-state index < -0.39 is 5.60 Å². The Hall–Kier alpha value is -2.81. The van der Waals surface area contributed by atoms with Gasteiger partial charge in [0.05, 0.1) is 11.6 Å². The Kier molecular flexibility index (Phi) is 7.33. The minimum absolute atomic E-state index is 0.0414.